The Morgan fingerprint density at radius 2 is 2.05 bits per heavy atom. The number of aryl methyl sites for hydroxylation is 3. The molecule has 0 N–H and O–H groups in total. The number of alkyl halides is 1. The van der Waals surface area contributed by atoms with Crippen LogP contribution in [0.5, 0.6) is 0 Å². The maximum atomic E-state index is 5.99. The molecule has 3 aromatic rings. The van der Waals surface area contributed by atoms with Gasteiger partial charge in [0.15, 0.2) is 0 Å². The van der Waals surface area contributed by atoms with Gasteiger partial charge in [0.2, 0.25) is 0 Å². The Hall–Kier alpha value is -0.550. The molecule has 0 spiro atoms. The quantitative estimate of drug-likeness (QED) is 0.511. The second-order valence-electron chi connectivity index (χ2n) is 4.71. The van der Waals surface area contributed by atoms with Gasteiger partial charge in [0.05, 0.1) is 15.4 Å². The lowest BCUT2D eigenvalue weighted by Crippen LogP contribution is -2.06. The van der Waals surface area contributed by atoms with Gasteiger partial charge in [0.1, 0.15) is 5.82 Å². The highest BCUT2D eigenvalue weighted by Crippen LogP contribution is 2.25. The monoisotopic (exact) mass is 402 g/mol. The smallest absolute Gasteiger partial charge is 0.111 e. The van der Waals surface area contributed by atoms with E-state index in [0.717, 1.165) is 45.1 Å². The lowest BCUT2D eigenvalue weighted by molar-refractivity contribution is 0.679. The molecular weight excluding hydrogens is 391 g/mol. The highest BCUT2D eigenvalue weighted by atomic mass is 79.9. The van der Waals surface area contributed by atoms with Crippen LogP contribution in [0.4, 0.5) is 0 Å². The van der Waals surface area contributed by atoms with Gasteiger partial charge < -0.3 is 4.57 Å². The van der Waals surface area contributed by atoms with Crippen molar-refractivity contribution in [1.82, 2.24) is 9.55 Å². The van der Waals surface area contributed by atoms with Crippen LogP contribution in [-0.2, 0) is 19.4 Å². The summed E-state index contributed by atoms with van der Waals surface area (Å²) < 4.78 is 4.16. The fraction of sp³-hybridized carbons (Fsp3) is 0.267. The lowest BCUT2D eigenvalue weighted by atomic mass is 10.3. The first-order valence-corrected chi connectivity index (χ1v) is 9.14. The summed E-state index contributed by atoms with van der Waals surface area (Å²) in [5.74, 6) is 1.62. The second-order valence-corrected chi connectivity index (χ2v) is 7.80. The van der Waals surface area contributed by atoms with Crippen molar-refractivity contribution in [2.24, 2.45) is 0 Å². The number of halogens is 3. The molecule has 6 heteroatoms. The molecule has 1 aromatic carbocycles. The Kier molecular flexibility index (Phi) is 4.89. The molecule has 2 aromatic heterocycles. The number of nitrogens with zero attached hydrogens (tertiary/aromatic N) is 2. The number of fused-ring (bicyclic) bond motifs is 1. The van der Waals surface area contributed by atoms with Gasteiger partial charge in [-0.3, -0.25) is 0 Å². The van der Waals surface area contributed by atoms with E-state index >= 15 is 0 Å². The molecule has 0 aliphatic carbocycles. The van der Waals surface area contributed by atoms with Crippen LogP contribution in [0, 0.1) is 0 Å². The van der Waals surface area contributed by atoms with Crippen molar-refractivity contribution < 1.29 is 0 Å². The largest absolute Gasteiger partial charge is 0.328 e. The van der Waals surface area contributed by atoms with Crippen LogP contribution in [0.2, 0.25) is 4.34 Å². The molecule has 0 fully saturated rings. The Morgan fingerprint density at radius 3 is 2.76 bits per heavy atom. The van der Waals surface area contributed by atoms with Crippen LogP contribution >= 0.6 is 50.5 Å². The van der Waals surface area contributed by atoms with E-state index in [9.17, 15) is 0 Å². The first-order valence-electron chi connectivity index (χ1n) is 6.62. The van der Waals surface area contributed by atoms with Crippen LogP contribution in [0.1, 0.15) is 10.7 Å². The third-order valence-corrected chi connectivity index (χ3v) is 5.29. The third-order valence-electron chi connectivity index (χ3n) is 3.32. The summed E-state index contributed by atoms with van der Waals surface area (Å²) in [4.78, 5) is 5.98. The minimum atomic E-state index is 0.579. The normalized spacial score (nSPS) is 11.4. The Balaban J connectivity index is 1.94. The molecule has 0 amide bonds. The molecule has 0 radical (unpaired) electrons. The molecule has 0 aliphatic rings. The van der Waals surface area contributed by atoms with E-state index in [2.05, 4.69) is 32.6 Å². The SMILES string of the molecule is ClCCc1nc2ccc(Br)cc2n1CCc1ccc(Cl)s1. The number of aromatic nitrogens is 2. The van der Waals surface area contributed by atoms with Gasteiger partial charge in [-0.05, 0) is 36.8 Å². The first-order chi connectivity index (χ1) is 10.2. The van der Waals surface area contributed by atoms with Crippen LogP contribution in [-0.4, -0.2) is 15.4 Å². The maximum Gasteiger partial charge on any atom is 0.111 e. The molecule has 0 atom stereocenters. The van der Waals surface area contributed by atoms with E-state index in [1.165, 1.54) is 4.88 Å². The van der Waals surface area contributed by atoms with Crippen LogP contribution in [0.15, 0.2) is 34.8 Å². The van der Waals surface area contributed by atoms with E-state index in [-0.39, 0.29) is 0 Å². The zero-order valence-electron chi connectivity index (χ0n) is 11.2. The van der Waals surface area contributed by atoms with Crippen LogP contribution in [0.25, 0.3) is 11.0 Å². The summed E-state index contributed by atoms with van der Waals surface area (Å²) in [6.45, 7) is 0.885. The highest BCUT2D eigenvalue weighted by molar-refractivity contribution is 9.10. The lowest BCUT2D eigenvalue weighted by Gasteiger charge is -2.08. The summed E-state index contributed by atoms with van der Waals surface area (Å²) in [5, 5.41) is 0. The van der Waals surface area contributed by atoms with Crippen molar-refractivity contribution in [3.63, 3.8) is 0 Å². The molecule has 0 unspecified atom stereocenters. The van der Waals surface area contributed by atoms with Crippen molar-refractivity contribution in [3.8, 4) is 0 Å². The molecule has 3 rings (SSSR count). The van der Waals surface area contributed by atoms with Crippen LogP contribution in [0.3, 0.4) is 0 Å². The third kappa shape index (κ3) is 3.45. The molecule has 2 heterocycles. The number of thiophene rings is 1. The average Bonchev–Trinajstić information content (AvgIpc) is 3.01. The predicted octanol–water partition coefficient (Wildman–Crippen LogP) is 5.54. The van der Waals surface area contributed by atoms with Crippen molar-refractivity contribution in [3.05, 3.63) is 49.8 Å². The Morgan fingerprint density at radius 1 is 1.19 bits per heavy atom. The van der Waals surface area contributed by atoms with E-state index < -0.39 is 0 Å². The summed E-state index contributed by atoms with van der Waals surface area (Å²) >= 11 is 17.1. The molecule has 0 saturated heterocycles. The van der Waals surface area contributed by atoms with Gasteiger partial charge in [0, 0.05) is 28.2 Å². The Bertz CT molecular complexity index is 766. The molecule has 21 heavy (non-hydrogen) atoms. The molecule has 0 saturated carbocycles. The number of hydrogen-bond acceptors (Lipinski definition) is 2. The van der Waals surface area contributed by atoms with Gasteiger partial charge >= 0.3 is 0 Å². The summed E-state index contributed by atoms with van der Waals surface area (Å²) in [6.07, 6.45) is 1.73. The topological polar surface area (TPSA) is 17.8 Å². The molecule has 0 aliphatic heterocycles. The van der Waals surface area contributed by atoms with Crippen LogP contribution < -0.4 is 0 Å². The summed E-state index contributed by atoms with van der Waals surface area (Å²) in [6, 6.07) is 10.2. The number of rotatable bonds is 5. The standard InChI is InChI=1S/C15H13BrCl2N2S/c16-10-1-3-12-13(9-10)20(15(19-12)5-7-17)8-6-11-2-4-14(18)21-11/h1-4,9H,5-8H2. The second kappa shape index (κ2) is 6.69. The van der Waals surface area contributed by atoms with E-state index in [4.69, 9.17) is 28.2 Å². The van der Waals surface area contributed by atoms with E-state index in [1.54, 1.807) is 11.3 Å². The van der Waals surface area contributed by atoms with Gasteiger partial charge in [-0.25, -0.2) is 4.98 Å². The molecular formula is C15H13BrCl2N2S. The number of benzene rings is 1. The van der Waals surface area contributed by atoms with Crippen molar-refractivity contribution in [2.45, 2.75) is 19.4 Å². The van der Waals surface area contributed by atoms with Crippen molar-refractivity contribution >= 4 is 61.5 Å². The zero-order chi connectivity index (χ0) is 14.8. The minimum absolute atomic E-state index is 0.579. The van der Waals surface area contributed by atoms with E-state index in [0.29, 0.717) is 5.88 Å². The first kappa shape index (κ1) is 15.3. The summed E-state index contributed by atoms with van der Waals surface area (Å²) in [7, 11) is 0. The fourth-order valence-electron chi connectivity index (χ4n) is 2.38. The number of imidazole rings is 1. The average molecular weight is 404 g/mol. The minimum Gasteiger partial charge on any atom is -0.328 e. The number of hydrogen-bond donors (Lipinski definition) is 0. The van der Waals surface area contributed by atoms with Gasteiger partial charge in [-0.15, -0.1) is 22.9 Å². The zero-order valence-corrected chi connectivity index (χ0v) is 15.1. The molecule has 0 bridgehead atoms. The maximum absolute atomic E-state index is 5.99. The Labute approximate surface area is 145 Å². The van der Waals surface area contributed by atoms with Gasteiger partial charge in [-0.1, -0.05) is 27.5 Å². The highest BCUT2D eigenvalue weighted by Gasteiger charge is 2.11. The van der Waals surface area contributed by atoms with E-state index in [1.807, 2.05) is 18.2 Å². The van der Waals surface area contributed by atoms with Gasteiger partial charge in [-0.2, -0.15) is 0 Å². The van der Waals surface area contributed by atoms with Crippen molar-refractivity contribution in [2.75, 3.05) is 5.88 Å². The summed E-state index contributed by atoms with van der Waals surface area (Å²) in [5.41, 5.74) is 2.16. The van der Waals surface area contributed by atoms with Gasteiger partial charge in [0.25, 0.3) is 0 Å². The van der Waals surface area contributed by atoms with Crippen molar-refractivity contribution in [1.29, 1.82) is 0 Å². The molecule has 2 nitrogen and oxygen atoms in total. The predicted molar refractivity (Wildman–Crippen MR) is 94.9 cm³/mol. The fourth-order valence-corrected chi connectivity index (χ4v) is 3.97. The molecule has 110 valence electrons.